The molecule has 0 aromatic heterocycles. The molecule has 28 heavy (non-hydrogen) atoms. The highest BCUT2D eigenvalue weighted by atomic mass is 32.2. The highest BCUT2D eigenvalue weighted by molar-refractivity contribution is 8.00. The van der Waals surface area contributed by atoms with E-state index in [2.05, 4.69) is 29.0 Å². The number of carbonyl (C=O) groups is 2. The molecular weight excluding hydrogens is 380 g/mol. The lowest BCUT2D eigenvalue weighted by Crippen LogP contribution is -2.66. The number of benzene rings is 1. The van der Waals surface area contributed by atoms with Gasteiger partial charge in [-0.15, -0.1) is 0 Å². The van der Waals surface area contributed by atoms with Gasteiger partial charge in [0.2, 0.25) is 0 Å². The minimum atomic E-state index is -1.00. The van der Waals surface area contributed by atoms with Crippen LogP contribution in [0.3, 0.4) is 0 Å². The number of carbonyl (C=O) groups excluding carboxylic acids is 2. The average Bonchev–Trinajstić information content (AvgIpc) is 2.69. The number of nitrogens with one attached hydrogen (secondary N) is 2. The first-order valence-corrected chi connectivity index (χ1v) is 9.67. The Morgan fingerprint density at radius 3 is 2.50 bits per heavy atom. The molecule has 0 saturated carbocycles. The second-order valence-corrected chi connectivity index (χ2v) is 7.00. The molecule has 7 nitrogen and oxygen atoms in total. The Morgan fingerprint density at radius 2 is 1.96 bits per heavy atom. The molecule has 0 radical (unpaired) electrons. The van der Waals surface area contributed by atoms with Crippen molar-refractivity contribution in [2.75, 3.05) is 32.3 Å². The minimum Gasteiger partial charge on any atom is -0.384 e. The predicted octanol–water partition coefficient (Wildman–Crippen LogP) is 0.814. The van der Waals surface area contributed by atoms with Crippen LogP contribution < -0.4 is 10.8 Å². The Balaban J connectivity index is 2.04. The number of hydrogen-bond acceptors (Lipinski definition) is 6. The molecule has 0 spiro atoms. The quantitative estimate of drug-likeness (QED) is 0.270. The van der Waals surface area contributed by atoms with E-state index < -0.39 is 23.5 Å². The maximum atomic E-state index is 12.5. The van der Waals surface area contributed by atoms with Crippen molar-refractivity contribution in [1.29, 1.82) is 0 Å². The van der Waals surface area contributed by atoms with Gasteiger partial charge in [-0.25, -0.2) is 5.48 Å². The van der Waals surface area contributed by atoms with Gasteiger partial charge in [-0.3, -0.25) is 14.8 Å². The fraction of sp³-hybridized carbons (Fsp3) is 0.400. The third-order valence-electron chi connectivity index (χ3n) is 4.21. The summed E-state index contributed by atoms with van der Waals surface area (Å²) >= 11 is 1.59. The number of rotatable bonds is 7. The van der Waals surface area contributed by atoms with Crippen LogP contribution in [-0.2, 0) is 14.3 Å². The van der Waals surface area contributed by atoms with Gasteiger partial charge in [-0.2, -0.15) is 11.8 Å². The van der Waals surface area contributed by atoms with Gasteiger partial charge in [0.05, 0.1) is 6.61 Å². The van der Waals surface area contributed by atoms with Gasteiger partial charge < -0.3 is 14.8 Å². The molecule has 1 aliphatic rings. The molecule has 8 heteroatoms. The van der Waals surface area contributed by atoms with Crippen LogP contribution in [0.4, 0.5) is 0 Å². The van der Waals surface area contributed by atoms with Gasteiger partial charge in [-0.1, -0.05) is 11.8 Å². The van der Waals surface area contributed by atoms with Crippen LogP contribution in [0.1, 0.15) is 22.3 Å². The topological polar surface area (TPSA) is 96.9 Å². The second-order valence-electron chi connectivity index (χ2n) is 6.02. The van der Waals surface area contributed by atoms with Crippen molar-refractivity contribution in [1.82, 2.24) is 10.8 Å². The predicted molar refractivity (Wildman–Crippen MR) is 106 cm³/mol. The smallest absolute Gasteiger partial charge is 0.268 e. The van der Waals surface area contributed by atoms with E-state index in [0.717, 1.165) is 0 Å². The Kier molecular flexibility index (Phi) is 8.37. The Bertz CT molecular complexity index is 807. The Hall–Kier alpha value is -2.49. The molecule has 1 heterocycles. The van der Waals surface area contributed by atoms with Gasteiger partial charge in [0.25, 0.3) is 11.8 Å². The Labute approximate surface area is 168 Å². The van der Waals surface area contributed by atoms with Crippen LogP contribution in [0.25, 0.3) is 0 Å². The summed E-state index contributed by atoms with van der Waals surface area (Å²) in [6.07, 6.45) is 0.619. The minimum absolute atomic E-state index is 0.366. The van der Waals surface area contributed by atoms with Crippen LogP contribution in [0.5, 0.6) is 0 Å². The van der Waals surface area contributed by atoms with Crippen molar-refractivity contribution in [2.45, 2.75) is 18.1 Å². The first-order chi connectivity index (χ1) is 13.6. The summed E-state index contributed by atoms with van der Waals surface area (Å²) in [6, 6.07) is 5.62. The third kappa shape index (κ3) is 5.51. The van der Waals surface area contributed by atoms with Crippen LogP contribution in [0, 0.1) is 23.7 Å². The molecule has 1 unspecified atom stereocenters. The molecule has 2 rings (SSSR count). The molecule has 1 atom stereocenters. The van der Waals surface area contributed by atoms with Crippen LogP contribution >= 0.6 is 11.8 Å². The van der Waals surface area contributed by atoms with Crippen molar-refractivity contribution >= 4 is 23.6 Å². The molecule has 1 aliphatic heterocycles. The molecule has 1 aromatic rings. The fourth-order valence-electron chi connectivity index (χ4n) is 2.49. The maximum Gasteiger partial charge on any atom is 0.268 e. The summed E-state index contributed by atoms with van der Waals surface area (Å²) < 4.78 is 10.3. The molecule has 2 amide bonds. The lowest BCUT2D eigenvalue weighted by Gasteiger charge is -2.44. The highest BCUT2D eigenvalue weighted by Gasteiger charge is 2.49. The third-order valence-corrected chi connectivity index (χ3v) is 5.59. The zero-order valence-electron chi connectivity index (χ0n) is 15.7. The van der Waals surface area contributed by atoms with Crippen molar-refractivity contribution in [3.05, 3.63) is 35.4 Å². The molecule has 1 saturated heterocycles. The summed E-state index contributed by atoms with van der Waals surface area (Å²) in [7, 11) is 3.10. The average molecular weight is 402 g/mol. The summed E-state index contributed by atoms with van der Waals surface area (Å²) in [4.78, 5) is 24.6. The number of thioether (sulfide) groups is 1. The van der Waals surface area contributed by atoms with E-state index in [1.165, 1.54) is 7.11 Å². The number of amides is 2. The molecule has 0 bridgehead atoms. The van der Waals surface area contributed by atoms with Crippen molar-refractivity contribution in [2.24, 2.45) is 0 Å². The molecule has 1 fully saturated rings. The number of methoxy groups -OCH3 is 2. The van der Waals surface area contributed by atoms with E-state index in [0.29, 0.717) is 35.7 Å². The van der Waals surface area contributed by atoms with Crippen LogP contribution in [0.2, 0.25) is 0 Å². The summed E-state index contributed by atoms with van der Waals surface area (Å²) in [6.45, 7) is 0.566. The maximum absolute atomic E-state index is 12.5. The van der Waals surface area contributed by atoms with E-state index >= 15 is 0 Å². The standard InChI is InChI=1S/C20H22N2O5S/c1-26-12-6-4-3-5-7-15-8-10-16(11-9-15)18(23)21-17(19(24)22-25)20(27-2)13-28-14-20/h8-11,17,25H,6,12-14H2,1-2H3,(H,21,23)(H,22,24). The van der Waals surface area contributed by atoms with Gasteiger partial charge in [-0.05, 0) is 36.1 Å². The van der Waals surface area contributed by atoms with E-state index in [1.807, 2.05) is 0 Å². The fourth-order valence-corrected chi connectivity index (χ4v) is 3.66. The Morgan fingerprint density at radius 1 is 1.25 bits per heavy atom. The normalized spacial score (nSPS) is 15.0. The van der Waals surface area contributed by atoms with Gasteiger partial charge in [0.15, 0.2) is 0 Å². The summed E-state index contributed by atoms with van der Waals surface area (Å²) in [5.74, 6) is 11.2. The van der Waals surface area contributed by atoms with Crippen molar-refractivity contribution < 1.29 is 24.3 Å². The van der Waals surface area contributed by atoms with E-state index in [-0.39, 0.29) is 0 Å². The highest BCUT2D eigenvalue weighted by Crippen LogP contribution is 2.35. The first kappa shape index (κ1) is 21.8. The summed E-state index contributed by atoms with van der Waals surface area (Å²) in [5.41, 5.74) is 1.85. The zero-order chi connectivity index (χ0) is 20.4. The SMILES string of the molecule is COCCC#CC#Cc1ccc(C(=O)NC(C(=O)NO)C2(OC)CSC2)cc1. The number of ether oxygens (including phenoxy) is 2. The number of hydrogen-bond donors (Lipinski definition) is 3. The second kappa shape index (κ2) is 10.7. The molecule has 0 aliphatic carbocycles. The van der Waals surface area contributed by atoms with Crippen molar-refractivity contribution in [3.63, 3.8) is 0 Å². The molecule has 148 valence electrons. The van der Waals surface area contributed by atoms with Crippen LogP contribution in [0.15, 0.2) is 24.3 Å². The van der Waals surface area contributed by atoms with E-state index in [1.54, 1.807) is 48.6 Å². The molecular formula is C20H22N2O5S. The van der Waals surface area contributed by atoms with E-state index in [9.17, 15) is 9.59 Å². The lowest BCUT2D eigenvalue weighted by atomic mass is 9.95. The van der Waals surface area contributed by atoms with Crippen molar-refractivity contribution in [3.8, 4) is 23.7 Å². The molecule has 3 N–H and O–H groups in total. The van der Waals surface area contributed by atoms with Gasteiger partial charge in [0, 0.05) is 43.3 Å². The van der Waals surface area contributed by atoms with E-state index in [4.69, 9.17) is 14.7 Å². The van der Waals surface area contributed by atoms with Gasteiger partial charge >= 0.3 is 0 Å². The molecule has 1 aromatic carbocycles. The van der Waals surface area contributed by atoms with Crippen LogP contribution in [-0.4, -0.2) is 61.0 Å². The zero-order valence-corrected chi connectivity index (χ0v) is 16.5. The summed E-state index contributed by atoms with van der Waals surface area (Å²) in [5, 5.41) is 11.7. The lowest BCUT2D eigenvalue weighted by molar-refractivity contribution is -0.138. The largest absolute Gasteiger partial charge is 0.384 e. The first-order valence-electron chi connectivity index (χ1n) is 8.52. The monoisotopic (exact) mass is 402 g/mol. The number of hydroxylamine groups is 1. The van der Waals surface area contributed by atoms with Gasteiger partial charge in [0.1, 0.15) is 11.6 Å².